The fourth-order valence-corrected chi connectivity index (χ4v) is 1.64. The van der Waals surface area contributed by atoms with E-state index in [1.54, 1.807) is 19.9 Å². The maximum atomic E-state index is 9.86. The topological polar surface area (TPSA) is 37.3 Å². The first-order chi connectivity index (χ1) is 9.56. The van der Waals surface area contributed by atoms with E-state index in [0.29, 0.717) is 5.57 Å². The van der Waals surface area contributed by atoms with E-state index in [9.17, 15) is 4.79 Å². The summed E-state index contributed by atoms with van der Waals surface area (Å²) in [6, 6.07) is 18.9. The maximum Gasteiger partial charge on any atom is 0.330 e. The summed E-state index contributed by atoms with van der Waals surface area (Å²) < 4.78 is 0. The Hall–Kier alpha value is -2.35. The molecule has 0 fully saturated rings. The largest absolute Gasteiger partial charge is 0.478 e. The van der Waals surface area contributed by atoms with E-state index in [-0.39, 0.29) is 0 Å². The molecule has 0 aliphatic heterocycles. The molecular formula is C18H20O2. The highest BCUT2D eigenvalue weighted by molar-refractivity contribution is 5.85. The molecule has 2 rings (SSSR count). The van der Waals surface area contributed by atoms with Gasteiger partial charge in [-0.15, -0.1) is 0 Å². The number of aryl methyl sites for hydroxylation is 1. The Balaban J connectivity index is 0.000000246. The predicted octanol–water partition coefficient (Wildman–Crippen LogP) is 4.70. The highest BCUT2D eigenvalue weighted by atomic mass is 16.4. The average Bonchev–Trinajstić information content (AvgIpc) is 2.48. The second-order valence-electron chi connectivity index (χ2n) is 4.46. The molecular weight excluding hydrogens is 248 g/mol. The normalized spacial score (nSPS) is 10.4. The van der Waals surface area contributed by atoms with Gasteiger partial charge in [0.1, 0.15) is 0 Å². The summed E-state index contributed by atoms with van der Waals surface area (Å²) in [6.07, 6.45) is 1.56. The van der Waals surface area contributed by atoms with Gasteiger partial charge in [0.05, 0.1) is 0 Å². The Bertz CT molecular complexity index is 583. The monoisotopic (exact) mass is 268 g/mol. The van der Waals surface area contributed by atoms with Crippen LogP contribution in [0.1, 0.15) is 19.4 Å². The molecule has 2 aromatic carbocycles. The Morgan fingerprint density at radius 2 is 1.55 bits per heavy atom. The Morgan fingerprint density at radius 3 is 2.00 bits per heavy atom. The zero-order chi connectivity index (χ0) is 15.0. The maximum absolute atomic E-state index is 9.86. The molecule has 104 valence electrons. The van der Waals surface area contributed by atoms with Gasteiger partial charge in [-0.1, -0.05) is 60.7 Å². The van der Waals surface area contributed by atoms with Crippen molar-refractivity contribution in [3.8, 4) is 11.1 Å². The molecule has 0 amide bonds. The van der Waals surface area contributed by atoms with Crippen molar-refractivity contribution >= 4 is 5.97 Å². The highest BCUT2D eigenvalue weighted by Crippen LogP contribution is 2.21. The van der Waals surface area contributed by atoms with Crippen LogP contribution in [-0.4, -0.2) is 11.1 Å². The molecule has 2 nitrogen and oxygen atoms in total. The molecule has 0 saturated carbocycles. The summed E-state index contributed by atoms with van der Waals surface area (Å²) in [6.45, 7) is 5.40. The first kappa shape index (κ1) is 15.7. The van der Waals surface area contributed by atoms with E-state index in [1.807, 2.05) is 6.07 Å². The van der Waals surface area contributed by atoms with E-state index in [2.05, 4.69) is 55.5 Å². The fraction of sp³-hybridized carbons (Fsp3) is 0.167. The van der Waals surface area contributed by atoms with Crippen LogP contribution in [-0.2, 0) is 4.79 Å². The molecule has 2 heteroatoms. The molecule has 0 aliphatic rings. The average molecular weight is 268 g/mol. The quantitative estimate of drug-likeness (QED) is 0.802. The van der Waals surface area contributed by atoms with Gasteiger partial charge in [0.15, 0.2) is 0 Å². The molecule has 0 spiro atoms. The first-order valence-corrected chi connectivity index (χ1v) is 6.53. The summed E-state index contributed by atoms with van der Waals surface area (Å²) >= 11 is 0. The molecule has 20 heavy (non-hydrogen) atoms. The number of hydrogen-bond acceptors (Lipinski definition) is 1. The van der Waals surface area contributed by atoms with Crippen LogP contribution in [0.2, 0.25) is 0 Å². The summed E-state index contributed by atoms with van der Waals surface area (Å²) in [5, 5.41) is 8.11. The van der Waals surface area contributed by atoms with Gasteiger partial charge in [-0.2, -0.15) is 0 Å². The number of carboxylic acid groups (broad SMARTS) is 1. The zero-order valence-electron chi connectivity index (χ0n) is 12.1. The van der Waals surface area contributed by atoms with E-state index >= 15 is 0 Å². The second-order valence-corrected chi connectivity index (χ2v) is 4.46. The van der Waals surface area contributed by atoms with Crippen molar-refractivity contribution in [3.63, 3.8) is 0 Å². The summed E-state index contributed by atoms with van der Waals surface area (Å²) in [4.78, 5) is 9.86. The van der Waals surface area contributed by atoms with Crippen molar-refractivity contribution in [2.75, 3.05) is 0 Å². The third kappa shape index (κ3) is 4.73. The van der Waals surface area contributed by atoms with E-state index in [0.717, 1.165) is 0 Å². The van der Waals surface area contributed by atoms with Crippen LogP contribution < -0.4 is 0 Å². The number of rotatable bonds is 2. The van der Waals surface area contributed by atoms with Crippen molar-refractivity contribution in [1.82, 2.24) is 0 Å². The van der Waals surface area contributed by atoms with Gasteiger partial charge in [0.2, 0.25) is 0 Å². The first-order valence-electron chi connectivity index (χ1n) is 6.53. The van der Waals surface area contributed by atoms with E-state index in [1.165, 1.54) is 16.7 Å². The third-order valence-corrected chi connectivity index (χ3v) is 3.00. The molecule has 0 saturated heterocycles. The lowest BCUT2D eigenvalue weighted by atomic mass is 10.0. The van der Waals surface area contributed by atoms with Gasteiger partial charge < -0.3 is 5.11 Å². The van der Waals surface area contributed by atoms with Gasteiger partial charge >= 0.3 is 5.97 Å². The molecule has 0 heterocycles. The predicted molar refractivity (Wildman–Crippen MR) is 83.7 cm³/mol. The van der Waals surface area contributed by atoms with Crippen molar-refractivity contribution in [2.24, 2.45) is 0 Å². The minimum atomic E-state index is -0.845. The summed E-state index contributed by atoms with van der Waals surface area (Å²) in [5.74, 6) is -0.845. The number of hydrogen-bond donors (Lipinski definition) is 1. The van der Waals surface area contributed by atoms with Crippen molar-refractivity contribution in [2.45, 2.75) is 20.8 Å². The van der Waals surface area contributed by atoms with Crippen LogP contribution in [0, 0.1) is 6.92 Å². The Kier molecular flexibility index (Phi) is 6.24. The molecule has 0 unspecified atom stereocenters. The number of carboxylic acids is 1. The highest BCUT2D eigenvalue weighted by Gasteiger charge is 1.97. The molecule has 0 atom stereocenters. The SMILES string of the molecule is CC=C(C)C(=O)O.Cc1ccccc1-c1ccccc1. The van der Waals surface area contributed by atoms with Crippen molar-refractivity contribution < 1.29 is 9.90 Å². The van der Waals surface area contributed by atoms with Crippen LogP contribution in [0.3, 0.4) is 0 Å². The Morgan fingerprint density at radius 1 is 1.00 bits per heavy atom. The van der Waals surface area contributed by atoms with Crippen LogP contribution in [0.5, 0.6) is 0 Å². The molecule has 1 N–H and O–H groups in total. The second kappa shape index (κ2) is 7.95. The van der Waals surface area contributed by atoms with Gasteiger partial charge in [-0.3, -0.25) is 0 Å². The minimum Gasteiger partial charge on any atom is -0.478 e. The standard InChI is InChI=1S/C13H12.C5H8O2/c1-11-7-5-6-10-13(11)12-8-3-2-4-9-12;1-3-4(2)5(6)7/h2-10H,1H3;3H,1-2H3,(H,6,7). The number of allylic oxidation sites excluding steroid dienone is 1. The van der Waals surface area contributed by atoms with E-state index < -0.39 is 5.97 Å². The van der Waals surface area contributed by atoms with Gasteiger partial charge in [-0.25, -0.2) is 4.79 Å². The van der Waals surface area contributed by atoms with Crippen LogP contribution in [0.25, 0.3) is 11.1 Å². The van der Waals surface area contributed by atoms with Crippen LogP contribution in [0.4, 0.5) is 0 Å². The molecule has 0 radical (unpaired) electrons. The fourth-order valence-electron chi connectivity index (χ4n) is 1.64. The zero-order valence-corrected chi connectivity index (χ0v) is 12.1. The van der Waals surface area contributed by atoms with Crippen molar-refractivity contribution in [1.29, 1.82) is 0 Å². The lowest BCUT2D eigenvalue weighted by molar-refractivity contribution is -0.132. The minimum absolute atomic E-state index is 0.389. The lowest BCUT2D eigenvalue weighted by Crippen LogP contribution is -1.93. The molecule has 0 aliphatic carbocycles. The smallest absolute Gasteiger partial charge is 0.330 e. The number of benzene rings is 2. The van der Waals surface area contributed by atoms with Crippen LogP contribution in [0.15, 0.2) is 66.2 Å². The molecule has 0 aromatic heterocycles. The molecule has 2 aromatic rings. The Labute approximate surface area is 120 Å². The van der Waals surface area contributed by atoms with Crippen molar-refractivity contribution in [3.05, 3.63) is 71.8 Å². The van der Waals surface area contributed by atoms with Gasteiger partial charge in [0.25, 0.3) is 0 Å². The van der Waals surface area contributed by atoms with E-state index in [4.69, 9.17) is 5.11 Å². The number of carbonyl (C=O) groups is 1. The summed E-state index contributed by atoms with van der Waals surface area (Å²) in [7, 11) is 0. The molecule has 0 bridgehead atoms. The summed E-state index contributed by atoms with van der Waals surface area (Å²) in [5.41, 5.74) is 4.33. The van der Waals surface area contributed by atoms with Gasteiger partial charge in [-0.05, 0) is 37.5 Å². The van der Waals surface area contributed by atoms with Gasteiger partial charge in [0, 0.05) is 5.57 Å². The lowest BCUT2D eigenvalue weighted by Gasteiger charge is -2.04. The van der Waals surface area contributed by atoms with Crippen LogP contribution >= 0.6 is 0 Å². The number of aliphatic carboxylic acids is 1. The third-order valence-electron chi connectivity index (χ3n) is 3.00.